The first-order valence-corrected chi connectivity index (χ1v) is 4.50. The predicted octanol–water partition coefficient (Wildman–Crippen LogP) is 3.69. The van der Waals surface area contributed by atoms with Crippen LogP contribution >= 0.6 is 34.8 Å². The van der Waals surface area contributed by atoms with Crippen molar-refractivity contribution in [2.45, 2.75) is 23.6 Å². The van der Waals surface area contributed by atoms with Crippen molar-refractivity contribution in [1.82, 2.24) is 0 Å². The van der Waals surface area contributed by atoms with Gasteiger partial charge in [-0.15, -0.1) is 0 Å². The number of unbranched alkanes of at least 4 members (excludes halogenated alkanes) is 1. The summed E-state index contributed by atoms with van der Waals surface area (Å²) in [4.78, 5) is 0. The van der Waals surface area contributed by atoms with Crippen LogP contribution in [0.4, 0.5) is 0 Å². The average molecular weight is 218 g/mol. The number of allylic oxidation sites excluding steroid dienone is 1. The normalized spacial score (nSPS) is 11.3. The molecule has 0 aliphatic carbocycles. The molecule has 0 aromatic carbocycles. The van der Waals surface area contributed by atoms with Crippen molar-refractivity contribution < 1.29 is 4.74 Å². The molecule has 0 fully saturated rings. The smallest absolute Gasteiger partial charge is 0.246 e. The molecule has 0 radical (unpaired) electrons. The average Bonchev–Trinajstić information content (AvgIpc) is 1.86. The second kappa shape index (κ2) is 5.13. The van der Waals surface area contributed by atoms with Gasteiger partial charge in [-0.2, -0.15) is 0 Å². The fourth-order valence-corrected chi connectivity index (χ4v) is 0.585. The molecule has 0 heterocycles. The van der Waals surface area contributed by atoms with Crippen molar-refractivity contribution in [3.8, 4) is 0 Å². The molecule has 0 spiro atoms. The highest BCUT2D eigenvalue weighted by Gasteiger charge is 2.25. The lowest BCUT2D eigenvalue weighted by Gasteiger charge is -2.14. The summed E-state index contributed by atoms with van der Waals surface area (Å²) in [5, 5.41) is 0. The van der Waals surface area contributed by atoms with Crippen LogP contribution in [0, 0.1) is 0 Å². The topological polar surface area (TPSA) is 9.23 Å². The summed E-state index contributed by atoms with van der Waals surface area (Å²) < 4.78 is 3.56. The van der Waals surface area contributed by atoms with E-state index in [9.17, 15) is 0 Å². The van der Waals surface area contributed by atoms with Crippen LogP contribution in [0.1, 0.15) is 19.8 Å². The molecule has 0 unspecified atom stereocenters. The van der Waals surface area contributed by atoms with E-state index in [0.29, 0.717) is 6.61 Å². The monoisotopic (exact) mass is 216 g/mol. The molecular weight excluding hydrogens is 206 g/mol. The Labute approximate surface area is 82.3 Å². The van der Waals surface area contributed by atoms with E-state index in [0.717, 1.165) is 12.8 Å². The van der Waals surface area contributed by atoms with Crippen molar-refractivity contribution in [2.24, 2.45) is 0 Å². The summed E-state index contributed by atoms with van der Waals surface area (Å²) in [5.74, 6) is 0.191. The molecule has 0 rings (SSSR count). The molecule has 0 saturated heterocycles. The molecule has 0 aromatic heterocycles. The quantitative estimate of drug-likeness (QED) is 0.396. The molecule has 0 aromatic rings. The van der Waals surface area contributed by atoms with Gasteiger partial charge in [-0.25, -0.2) is 0 Å². The van der Waals surface area contributed by atoms with Gasteiger partial charge >= 0.3 is 0 Å². The van der Waals surface area contributed by atoms with Gasteiger partial charge in [0, 0.05) is 0 Å². The molecule has 0 atom stereocenters. The van der Waals surface area contributed by atoms with E-state index in [1.165, 1.54) is 0 Å². The zero-order valence-electron chi connectivity index (χ0n) is 6.37. The van der Waals surface area contributed by atoms with Gasteiger partial charge in [0.15, 0.2) is 0 Å². The third-order valence-corrected chi connectivity index (χ3v) is 1.72. The van der Waals surface area contributed by atoms with Crippen molar-refractivity contribution in [3.63, 3.8) is 0 Å². The van der Waals surface area contributed by atoms with Gasteiger partial charge in [0.05, 0.1) is 6.61 Å². The summed E-state index contributed by atoms with van der Waals surface area (Å²) in [5.41, 5.74) is 0. The van der Waals surface area contributed by atoms with Crippen LogP contribution in [-0.2, 0) is 4.74 Å². The predicted molar refractivity (Wildman–Crippen MR) is 50.3 cm³/mol. The number of rotatable bonds is 4. The van der Waals surface area contributed by atoms with Gasteiger partial charge in [0.25, 0.3) is 0 Å². The van der Waals surface area contributed by atoms with E-state index >= 15 is 0 Å². The Bertz CT molecular complexity index is 128. The van der Waals surface area contributed by atoms with E-state index in [1.807, 2.05) is 0 Å². The minimum Gasteiger partial charge on any atom is -0.494 e. The van der Waals surface area contributed by atoms with Gasteiger partial charge < -0.3 is 4.74 Å². The lowest BCUT2D eigenvalue weighted by molar-refractivity contribution is 0.205. The standard InChI is InChI=1S/C7H11Cl3O/c1-3-4-5-11-6(2)7(8,9)10/h2-5H2,1H3. The zero-order chi connectivity index (χ0) is 8.91. The Balaban J connectivity index is 3.54. The van der Waals surface area contributed by atoms with Crippen LogP contribution in [0.25, 0.3) is 0 Å². The van der Waals surface area contributed by atoms with E-state index in [1.54, 1.807) is 0 Å². The lowest BCUT2D eigenvalue weighted by Crippen LogP contribution is -2.09. The van der Waals surface area contributed by atoms with E-state index in [-0.39, 0.29) is 5.76 Å². The Hall–Kier alpha value is 0.410. The first-order valence-electron chi connectivity index (χ1n) is 3.37. The molecule has 11 heavy (non-hydrogen) atoms. The third kappa shape index (κ3) is 5.66. The van der Waals surface area contributed by atoms with Gasteiger partial charge in [-0.1, -0.05) is 54.7 Å². The number of ether oxygens (including phenoxy) is 1. The molecule has 0 aliphatic heterocycles. The van der Waals surface area contributed by atoms with Gasteiger partial charge in [0.2, 0.25) is 3.79 Å². The summed E-state index contributed by atoms with van der Waals surface area (Å²) in [6.45, 7) is 6.10. The second-order valence-corrected chi connectivity index (χ2v) is 4.40. The first-order chi connectivity index (χ1) is 4.98. The van der Waals surface area contributed by atoms with Crippen LogP contribution in [0.15, 0.2) is 12.3 Å². The van der Waals surface area contributed by atoms with Crippen LogP contribution < -0.4 is 0 Å². The Morgan fingerprint density at radius 3 is 2.36 bits per heavy atom. The first kappa shape index (κ1) is 11.4. The molecule has 0 bridgehead atoms. The SMILES string of the molecule is C=C(OCCCC)C(Cl)(Cl)Cl. The summed E-state index contributed by atoms with van der Waals surface area (Å²) in [6.07, 6.45) is 1.99. The van der Waals surface area contributed by atoms with Crippen molar-refractivity contribution in [1.29, 1.82) is 0 Å². The minimum atomic E-state index is -1.49. The molecule has 0 saturated carbocycles. The Morgan fingerprint density at radius 1 is 1.45 bits per heavy atom. The maximum Gasteiger partial charge on any atom is 0.246 e. The highest BCUT2D eigenvalue weighted by Crippen LogP contribution is 2.33. The fourth-order valence-electron chi connectivity index (χ4n) is 0.422. The summed E-state index contributed by atoms with van der Waals surface area (Å²) in [7, 11) is 0. The molecular formula is C7H11Cl3O. The van der Waals surface area contributed by atoms with E-state index in [4.69, 9.17) is 39.5 Å². The van der Waals surface area contributed by atoms with E-state index in [2.05, 4.69) is 13.5 Å². The maximum absolute atomic E-state index is 5.47. The third-order valence-electron chi connectivity index (χ3n) is 1.09. The largest absolute Gasteiger partial charge is 0.494 e. The van der Waals surface area contributed by atoms with Gasteiger partial charge in [-0.3, -0.25) is 0 Å². The van der Waals surface area contributed by atoms with Crippen LogP contribution in [0.3, 0.4) is 0 Å². The second-order valence-electron chi connectivity index (χ2n) is 2.12. The highest BCUT2D eigenvalue weighted by atomic mass is 35.6. The van der Waals surface area contributed by atoms with Crippen molar-refractivity contribution >= 4 is 34.8 Å². The minimum absolute atomic E-state index is 0.191. The maximum atomic E-state index is 5.47. The summed E-state index contributed by atoms with van der Waals surface area (Å²) in [6, 6.07) is 0. The highest BCUT2D eigenvalue weighted by molar-refractivity contribution is 6.69. The number of hydrogen-bond donors (Lipinski definition) is 0. The number of alkyl halides is 3. The Kier molecular flexibility index (Phi) is 5.32. The van der Waals surface area contributed by atoms with E-state index < -0.39 is 3.79 Å². The van der Waals surface area contributed by atoms with Crippen molar-refractivity contribution in [3.05, 3.63) is 12.3 Å². The molecule has 1 nitrogen and oxygen atoms in total. The molecule has 0 aliphatic rings. The van der Waals surface area contributed by atoms with Crippen LogP contribution in [0.2, 0.25) is 0 Å². The van der Waals surface area contributed by atoms with Gasteiger partial charge in [-0.05, 0) is 6.42 Å². The van der Waals surface area contributed by atoms with Crippen LogP contribution in [0.5, 0.6) is 0 Å². The van der Waals surface area contributed by atoms with Crippen molar-refractivity contribution in [2.75, 3.05) is 6.61 Å². The molecule has 0 N–H and O–H groups in total. The lowest BCUT2D eigenvalue weighted by atomic mass is 10.4. The zero-order valence-corrected chi connectivity index (χ0v) is 8.64. The molecule has 66 valence electrons. The van der Waals surface area contributed by atoms with Gasteiger partial charge in [0.1, 0.15) is 5.76 Å². The Morgan fingerprint density at radius 2 is 2.00 bits per heavy atom. The summed E-state index contributed by atoms with van der Waals surface area (Å²) >= 11 is 16.4. The molecule has 0 amide bonds. The number of halogens is 3. The fraction of sp³-hybridized carbons (Fsp3) is 0.714. The molecule has 4 heteroatoms. The van der Waals surface area contributed by atoms with Crippen LogP contribution in [-0.4, -0.2) is 10.4 Å². The number of hydrogen-bond acceptors (Lipinski definition) is 1.